The van der Waals surface area contributed by atoms with Crippen molar-refractivity contribution in [3.63, 3.8) is 0 Å². The molecule has 1 aromatic carbocycles. The summed E-state index contributed by atoms with van der Waals surface area (Å²) in [7, 11) is 0. The van der Waals surface area contributed by atoms with Gasteiger partial charge in [0.15, 0.2) is 11.5 Å². The number of hydrogen-bond acceptors (Lipinski definition) is 6. The van der Waals surface area contributed by atoms with E-state index in [0.717, 1.165) is 33.8 Å². The Morgan fingerprint density at radius 1 is 0.970 bits per heavy atom. The monoisotopic (exact) mass is 437 g/mol. The second-order valence-electron chi connectivity index (χ2n) is 7.72. The lowest BCUT2D eigenvalue weighted by Gasteiger charge is -2.04. The zero-order valence-corrected chi connectivity index (χ0v) is 17.3. The van der Waals surface area contributed by atoms with Gasteiger partial charge in [0.05, 0.1) is 22.9 Å². The SMILES string of the molecule is Cc1ccncc1-c1cc2c(-c3nc4nccc(-c5cc(O)cc(F)c5)c4[nH]3)n[nH]c2cn1. The van der Waals surface area contributed by atoms with Crippen molar-refractivity contribution in [3.05, 3.63) is 72.6 Å². The summed E-state index contributed by atoms with van der Waals surface area (Å²) in [6.07, 6.45) is 6.86. The molecule has 0 bridgehead atoms. The van der Waals surface area contributed by atoms with Crippen LogP contribution >= 0.6 is 0 Å². The molecule has 0 amide bonds. The number of nitrogens with zero attached hydrogens (tertiary/aromatic N) is 5. The summed E-state index contributed by atoms with van der Waals surface area (Å²) in [5, 5.41) is 18.1. The highest BCUT2D eigenvalue weighted by Crippen LogP contribution is 2.33. The maximum Gasteiger partial charge on any atom is 0.178 e. The molecule has 6 rings (SSSR count). The first-order chi connectivity index (χ1) is 16.1. The highest BCUT2D eigenvalue weighted by Gasteiger charge is 2.17. The molecule has 160 valence electrons. The molecule has 8 nitrogen and oxygen atoms in total. The van der Waals surface area contributed by atoms with Crippen LogP contribution in [0.15, 0.2) is 61.2 Å². The molecule has 9 heteroatoms. The van der Waals surface area contributed by atoms with Crippen molar-refractivity contribution in [2.75, 3.05) is 0 Å². The summed E-state index contributed by atoms with van der Waals surface area (Å²) >= 11 is 0. The predicted octanol–water partition coefficient (Wildman–Crippen LogP) is 4.78. The van der Waals surface area contributed by atoms with Crippen LogP contribution in [0.1, 0.15) is 5.56 Å². The van der Waals surface area contributed by atoms with Crippen molar-refractivity contribution < 1.29 is 9.50 Å². The Kier molecular flexibility index (Phi) is 4.16. The first-order valence-corrected chi connectivity index (χ1v) is 10.2. The first-order valence-electron chi connectivity index (χ1n) is 10.2. The van der Waals surface area contributed by atoms with Gasteiger partial charge in [-0.2, -0.15) is 5.10 Å². The van der Waals surface area contributed by atoms with E-state index in [2.05, 4.69) is 35.1 Å². The van der Waals surface area contributed by atoms with Crippen LogP contribution in [0.25, 0.3) is 56.0 Å². The van der Waals surface area contributed by atoms with Gasteiger partial charge in [0.25, 0.3) is 0 Å². The summed E-state index contributed by atoms with van der Waals surface area (Å²) in [4.78, 5) is 21.0. The Morgan fingerprint density at radius 2 is 1.88 bits per heavy atom. The van der Waals surface area contributed by atoms with Crippen molar-refractivity contribution in [2.45, 2.75) is 6.92 Å². The van der Waals surface area contributed by atoms with Crippen LogP contribution in [0.5, 0.6) is 5.75 Å². The number of pyridine rings is 3. The van der Waals surface area contributed by atoms with Crippen LogP contribution < -0.4 is 0 Å². The van der Waals surface area contributed by atoms with Gasteiger partial charge in [-0.05, 0) is 48.4 Å². The number of hydrogen-bond donors (Lipinski definition) is 3. The Balaban J connectivity index is 1.52. The summed E-state index contributed by atoms with van der Waals surface area (Å²) in [6.45, 7) is 2.01. The molecule has 0 unspecified atom stereocenters. The van der Waals surface area contributed by atoms with Crippen LogP contribution in [0.4, 0.5) is 4.39 Å². The fraction of sp³-hybridized carbons (Fsp3) is 0.0417. The molecule has 5 aromatic heterocycles. The van der Waals surface area contributed by atoms with E-state index in [4.69, 9.17) is 0 Å². The molecule has 3 N–H and O–H groups in total. The molecule has 0 aliphatic heterocycles. The highest BCUT2D eigenvalue weighted by molar-refractivity contribution is 5.96. The summed E-state index contributed by atoms with van der Waals surface area (Å²) in [5.74, 6) is -0.172. The van der Waals surface area contributed by atoms with E-state index < -0.39 is 5.82 Å². The molecular formula is C24H16FN7O. The lowest BCUT2D eigenvalue weighted by atomic mass is 10.1. The van der Waals surface area contributed by atoms with Gasteiger partial charge in [0, 0.05) is 41.2 Å². The van der Waals surface area contributed by atoms with E-state index >= 15 is 0 Å². The lowest BCUT2D eigenvalue weighted by Crippen LogP contribution is -1.89. The van der Waals surface area contributed by atoms with Crippen molar-refractivity contribution in [1.29, 1.82) is 0 Å². The third-order valence-corrected chi connectivity index (χ3v) is 5.57. The number of benzene rings is 1. The van der Waals surface area contributed by atoms with Gasteiger partial charge in [-0.25, -0.2) is 14.4 Å². The standard InChI is InChI=1S/C24H16FN7O/c1-12-2-4-26-10-18(12)19-9-17-20(11-28-19)31-32-22(17)24-29-21-16(3-5-27-23(21)30-24)13-6-14(25)8-15(33)7-13/h2-11,33H,1H3,(H,31,32)(H,27,29,30). The number of rotatable bonds is 3. The Morgan fingerprint density at radius 3 is 2.73 bits per heavy atom. The van der Waals surface area contributed by atoms with E-state index in [-0.39, 0.29) is 5.75 Å². The topological polar surface area (TPSA) is 116 Å². The molecular weight excluding hydrogens is 421 g/mol. The Bertz CT molecular complexity index is 1650. The van der Waals surface area contributed by atoms with Crippen LogP contribution in [0.2, 0.25) is 0 Å². The van der Waals surface area contributed by atoms with Crippen LogP contribution in [0.3, 0.4) is 0 Å². The first kappa shape index (κ1) is 19.1. The second kappa shape index (κ2) is 7.20. The highest BCUT2D eigenvalue weighted by atomic mass is 19.1. The number of aromatic hydroxyl groups is 1. The van der Waals surface area contributed by atoms with Gasteiger partial charge < -0.3 is 10.1 Å². The Hall–Kier alpha value is -4.66. The van der Waals surface area contributed by atoms with Gasteiger partial charge >= 0.3 is 0 Å². The number of nitrogens with one attached hydrogen (secondary N) is 2. The van der Waals surface area contributed by atoms with Crippen molar-refractivity contribution in [2.24, 2.45) is 0 Å². The van der Waals surface area contributed by atoms with Crippen molar-refractivity contribution >= 4 is 22.1 Å². The van der Waals surface area contributed by atoms with E-state index in [9.17, 15) is 9.50 Å². The second-order valence-corrected chi connectivity index (χ2v) is 7.72. The zero-order valence-electron chi connectivity index (χ0n) is 17.3. The van der Waals surface area contributed by atoms with E-state index in [1.165, 1.54) is 12.1 Å². The minimum absolute atomic E-state index is 0.154. The van der Waals surface area contributed by atoms with Crippen LogP contribution in [-0.4, -0.2) is 40.2 Å². The quantitative estimate of drug-likeness (QED) is 0.367. The summed E-state index contributed by atoms with van der Waals surface area (Å²) in [5.41, 5.74) is 6.41. The van der Waals surface area contributed by atoms with Gasteiger partial charge in [0.1, 0.15) is 17.3 Å². The normalized spacial score (nSPS) is 11.5. The zero-order chi connectivity index (χ0) is 22.5. The molecule has 0 atom stereocenters. The third-order valence-electron chi connectivity index (χ3n) is 5.57. The predicted molar refractivity (Wildman–Crippen MR) is 122 cm³/mol. The van der Waals surface area contributed by atoms with Crippen LogP contribution in [0, 0.1) is 12.7 Å². The maximum absolute atomic E-state index is 13.9. The number of imidazole rings is 1. The fourth-order valence-electron chi connectivity index (χ4n) is 3.97. The molecule has 0 spiro atoms. The van der Waals surface area contributed by atoms with E-state index in [0.29, 0.717) is 33.8 Å². The van der Waals surface area contributed by atoms with Gasteiger partial charge in [-0.3, -0.25) is 15.1 Å². The average Bonchev–Trinajstić information content (AvgIpc) is 3.42. The fourth-order valence-corrected chi connectivity index (χ4v) is 3.97. The molecule has 0 saturated heterocycles. The average molecular weight is 437 g/mol. The molecule has 0 aliphatic carbocycles. The number of H-pyrrole nitrogens is 2. The molecule has 0 fully saturated rings. The smallest absolute Gasteiger partial charge is 0.178 e. The van der Waals surface area contributed by atoms with Gasteiger partial charge in [0.2, 0.25) is 0 Å². The molecule has 33 heavy (non-hydrogen) atoms. The van der Waals surface area contributed by atoms with Crippen molar-refractivity contribution in [1.82, 2.24) is 35.1 Å². The number of fused-ring (bicyclic) bond motifs is 2. The maximum atomic E-state index is 13.9. The number of halogens is 1. The van der Waals surface area contributed by atoms with Crippen LogP contribution in [-0.2, 0) is 0 Å². The number of phenolic OH excluding ortho intramolecular Hbond substituents is 1. The number of phenols is 1. The third kappa shape index (κ3) is 3.18. The van der Waals surface area contributed by atoms with Gasteiger partial charge in [-0.1, -0.05) is 0 Å². The number of aromatic amines is 2. The largest absolute Gasteiger partial charge is 0.508 e. The van der Waals surface area contributed by atoms with Gasteiger partial charge in [-0.15, -0.1) is 0 Å². The minimum atomic E-state index is -0.529. The molecule has 0 radical (unpaired) electrons. The lowest BCUT2D eigenvalue weighted by molar-refractivity contribution is 0.469. The molecule has 0 saturated carbocycles. The number of aromatic nitrogens is 7. The van der Waals surface area contributed by atoms with E-state index in [1.54, 1.807) is 30.9 Å². The summed E-state index contributed by atoms with van der Waals surface area (Å²) < 4.78 is 13.9. The number of aryl methyl sites for hydroxylation is 1. The van der Waals surface area contributed by atoms with E-state index in [1.807, 2.05) is 19.1 Å². The van der Waals surface area contributed by atoms with Crippen molar-refractivity contribution in [3.8, 4) is 39.7 Å². The molecule has 0 aliphatic rings. The molecule has 6 aromatic rings. The Labute approximate surface area is 186 Å². The summed E-state index contributed by atoms with van der Waals surface area (Å²) in [6, 6.07) is 9.54. The molecule has 5 heterocycles. The minimum Gasteiger partial charge on any atom is -0.508 e.